The van der Waals surface area contributed by atoms with Crippen LogP contribution in [0.5, 0.6) is 0 Å². The fraction of sp³-hybridized carbons (Fsp3) is 0.429. The van der Waals surface area contributed by atoms with E-state index in [2.05, 4.69) is 5.32 Å². The van der Waals surface area contributed by atoms with E-state index in [1.807, 2.05) is 26.8 Å². The Balaban J connectivity index is 2.58. The minimum atomic E-state index is -0.378. The second-order valence-electron chi connectivity index (χ2n) is 4.56. The lowest BCUT2D eigenvalue weighted by Crippen LogP contribution is -2.40. The van der Waals surface area contributed by atoms with Crippen molar-refractivity contribution < 1.29 is 9.53 Å². The molecule has 18 heavy (non-hydrogen) atoms. The summed E-state index contributed by atoms with van der Waals surface area (Å²) in [4.78, 5) is 11.8. The first-order valence-electron chi connectivity index (χ1n) is 5.91. The van der Waals surface area contributed by atoms with E-state index < -0.39 is 0 Å². The fourth-order valence-corrected chi connectivity index (χ4v) is 1.53. The number of hydrogen-bond acceptors (Lipinski definition) is 3. The molecule has 0 spiro atoms. The molecule has 0 heterocycles. The molecule has 0 unspecified atom stereocenters. The molecule has 0 aliphatic rings. The Labute approximate surface area is 108 Å². The van der Waals surface area contributed by atoms with Crippen molar-refractivity contribution in [2.24, 2.45) is 0 Å². The zero-order valence-corrected chi connectivity index (χ0v) is 11.0. The van der Waals surface area contributed by atoms with Crippen LogP contribution in [0.15, 0.2) is 24.3 Å². The molecule has 0 aromatic heterocycles. The number of ether oxygens (including phenoxy) is 1. The summed E-state index contributed by atoms with van der Waals surface area (Å²) >= 11 is 0. The van der Waals surface area contributed by atoms with E-state index in [0.717, 1.165) is 0 Å². The van der Waals surface area contributed by atoms with Gasteiger partial charge in [0.15, 0.2) is 0 Å². The number of nitriles is 1. The van der Waals surface area contributed by atoms with Gasteiger partial charge in [0.05, 0.1) is 17.2 Å². The van der Waals surface area contributed by atoms with Gasteiger partial charge in [-0.3, -0.25) is 4.79 Å². The van der Waals surface area contributed by atoms with E-state index in [4.69, 9.17) is 10.00 Å². The Hall–Kier alpha value is -1.86. The van der Waals surface area contributed by atoms with Gasteiger partial charge >= 0.3 is 0 Å². The van der Waals surface area contributed by atoms with Crippen LogP contribution in [0, 0.1) is 11.3 Å². The highest BCUT2D eigenvalue weighted by Crippen LogP contribution is 2.08. The number of rotatable bonds is 5. The third kappa shape index (κ3) is 4.19. The monoisotopic (exact) mass is 246 g/mol. The Morgan fingerprint density at radius 2 is 2.00 bits per heavy atom. The lowest BCUT2D eigenvalue weighted by Gasteiger charge is -2.24. The van der Waals surface area contributed by atoms with Crippen molar-refractivity contribution in [2.45, 2.75) is 26.4 Å². The number of nitrogens with zero attached hydrogens (tertiary/aromatic N) is 1. The third-order valence-corrected chi connectivity index (χ3v) is 2.49. The first-order chi connectivity index (χ1) is 8.48. The first-order valence-corrected chi connectivity index (χ1v) is 5.91. The van der Waals surface area contributed by atoms with Crippen LogP contribution < -0.4 is 5.32 Å². The molecule has 1 N–H and O–H groups in total. The standard InChI is InChI=1S/C14H18N2O2/c1-4-18-14(2,3)10-16-13(17)12-7-5-11(9-15)6-8-12/h5-8H,4,10H2,1-3H3,(H,16,17). The molecule has 0 aliphatic heterocycles. The highest BCUT2D eigenvalue weighted by Gasteiger charge is 2.18. The Morgan fingerprint density at radius 1 is 1.39 bits per heavy atom. The molecule has 0 fully saturated rings. The zero-order chi connectivity index (χ0) is 13.6. The van der Waals surface area contributed by atoms with Gasteiger partial charge in [-0.15, -0.1) is 0 Å². The molecule has 4 nitrogen and oxygen atoms in total. The van der Waals surface area contributed by atoms with E-state index >= 15 is 0 Å². The smallest absolute Gasteiger partial charge is 0.251 e. The largest absolute Gasteiger partial charge is 0.374 e. The molecule has 1 aromatic rings. The molecule has 0 aliphatic carbocycles. The summed E-state index contributed by atoms with van der Waals surface area (Å²) < 4.78 is 5.49. The maximum atomic E-state index is 11.8. The highest BCUT2D eigenvalue weighted by molar-refractivity contribution is 5.94. The predicted molar refractivity (Wildman–Crippen MR) is 69.2 cm³/mol. The Bertz CT molecular complexity index is 444. The van der Waals surface area contributed by atoms with Gasteiger partial charge in [0, 0.05) is 18.7 Å². The second kappa shape index (κ2) is 6.18. The first kappa shape index (κ1) is 14.2. The number of hydrogen-bond donors (Lipinski definition) is 1. The molecular formula is C14H18N2O2. The van der Waals surface area contributed by atoms with Crippen LogP contribution in [0.4, 0.5) is 0 Å². The number of carbonyl (C=O) groups excluding carboxylic acids is 1. The number of amides is 1. The van der Waals surface area contributed by atoms with Gasteiger partial charge in [-0.25, -0.2) is 0 Å². The summed E-state index contributed by atoms with van der Waals surface area (Å²) in [5.74, 6) is -0.160. The van der Waals surface area contributed by atoms with Crippen LogP contribution in [0.25, 0.3) is 0 Å². The minimum Gasteiger partial charge on any atom is -0.374 e. The van der Waals surface area contributed by atoms with Crippen LogP contribution in [0.3, 0.4) is 0 Å². The maximum Gasteiger partial charge on any atom is 0.251 e. The van der Waals surface area contributed by atoms with Crippen molar-refractivity contribution in [1.29, 1.82) is 5.26 Å². The van der Waals surface area contributed by atoms with Gasteiger partial charge in [-0.05, 0) is 45.0 Å². The van der Waals surface area contributed by atoms with Crippen LogP contribution in [0.2, 0.25) is 0 Å². The quantitative estimate of drug-likeness (QED) is 0.865. The van der Waals surface area contributed by atoms with Crippen molar-refractivity contribution in [3.05, 3.63) is 35.4 Å². The van der Waals surface area contributed by atoms with E-state index in [1.54, 1.807) is 24.3 Å². The minimum absolute atomic E-state index is 0.160. The van der Waals surface area contributed by atoms with E-state index in [9.17, 15) is 4.79 Å². The third-order valence-electron chi connectivity index (χ3n) is 2.49. The van der Waals surface area contributed by atoms with Crippen molar-refractivity contribution >= 4 is 5.91 Å². The molecule has 96 valence electrons. The highest BCUT2D eigenvalue weighted by atomic mass is 16.5. The van der Waals surface area contributed by atoms with Gasteiger partial charge < -0.3 is 10.1 Å². The van der Waals surface area contributed by atoms with Crippen molar-refractivity contribution in [1.82, 2.24) is 5.32 Å². The van der Waals surface area contributed by atoms with E-state index in [0.29, 0.717) is 24.3 Å². The Kier molecular flexibility index (Phi) is 4.87. The van der Waals surface area contributed by atoms with Crippen LogP contribution >= 0.6 is 0 Å². The summed E-state index contributed by atoms with van der Waals surface area (Å²) in [5, 5.41) is 11.5. The topological polar surface area (TPSA) is 62.1 Å². The average molecular weight is 246 g/mol. The van der Waals surface area contributed by atoms with Gasteiger partial charge in [0.25, 0.3) is 5.91 Å². The van der Waals surface area contributed by atoms with Crippen molar-refractivity contribution in [3.63, 3.8) is 0 Å². The molecule has 0 saturated carbocycles. The number of benzene rings is 1. The summed E-state index contributed by atoms with van der Waals surface area (Å²) in [6.07, 6.45) is 0. The van der Waals surface area contributed by atoms with Crippen molar-refractivity contribution in [3.8, 4) is 6.07 Å². The lowest BCUT2D eigenvalue weighted by molar-refractivity contribution is -0.00815. The molecule has 1 amide bonds. The second-order valence-corrected chi connectivity index (χ2v) is 4.56. The van der Waals surface area contributed by atoms with E-state index in [1.165, 1.54) is 0 Å². The number of nitrogens with one attached hydrogen (secondary N) is 1. The molecule has 1 rings (SSSR count). The SMILES string of the molecule is CCOC(C)(C)CNC(=O)c1ccc(C#N)cc1. The summed E-state index contributed by atoms with van der Waals surface area (Å²) in [6.45, 7) is 6.83. The Morgan fingerprint density at radius 3 is 2.50 bits per heavy atom. The summed E-state index contributed by atoms with van der Waals surface area (Å²) in [6, 6.07) is 8.55. The lowest BCUT2D eigenvalue weighted by atomic mass is 10.1. The van der Waals surface area contributed by atoms with Crippen LogP contribution in [0.1, 0.15) is 36.7 Å². The summed E-state index contributed by atoms with van der Waals surface area (Å²) in [5.41, 5.74) is 0.708. The molecular weight excluding hydrogens is 228 g/mol. The molecule has 0 saturated heterocycles. The molecule has 0 radical (unpaired) electrons. The fourth-order valence-electron chi connectivity index (χ4n) is 1.53. The van der Waals surface area contributed by atoms with Crippen LogP contribution in [-0.4, -0.2) is 24.7 Å². The zero-order valence-electron chi connectivity index (χ0n) is 11.0. The normalized spacial score (nSPS) is 10.8. The molecule has 4 heteroatoms. The van der Waals surface area contributed by atoms with Gasteiger partial charge in [0.1, 0.15) is 0 Å². The predicted octanol–water partition coefficient (Wildman–Crippen LogP) is 2.10. The van der Waals surface area contributed by atoms with Crippen molar-refractivity contribution in [2.75, 3.05) is 13.2 Å². The van der Waals surface area contributed by atoms with Gasteiger partial charge in [-0.1, -0.05) is 0 Å². The van der Waals surface area contributed by atoms with Crippen LogP contribution in [-0.2, 0) is 4.74 Å². The molecule has 1 aromatic carbocycles. The van der Waals surface area contributed by atoms with Gasteiger partial charge in [-0.2, -0.15) is 5.26 Å². The van der Waals surface area contributed by atoms with E-state index in [-0.39, 0.29) is 11.5 Å². The maximum absolute atomic E-state index is 11.8. The average Bonchev–Trinajstić information content (AvgIpc) is 2.36. The molecule has 0 atom stereocenters. The van der Waals surface area contributed by atoms with Gasteiger partial charge in [0.2, 0.25) is 0 Å². The molecule has 0 bridgehead atoms. The number of carbonyl (C=O) groups is 1. The summed E-state index contributed by atoms with van der Waals surface area (Å²) in [7, 11) is 0.